The van der Waals surface area contributed by atoms with Crippen LogP contribution in [0.1, 0.15) is 22.6 Å². The van der Waals surface area contributed by atoms with Gasteiger partial charge in [0.05, 0.1) is 12.8 Å². The highest BCUT2D eigenvalue weighted by atomic mass is 79.9. The lowest BCUT2D eigenvalue weighted by molar-refractivity contribution is 0.391. The van der Waals surface area contributed by atoms with Gasteiger partial charge in [-0.3, -0.25) is 0 Å². The van der Waals surface area contributed by atoms with Gasteiger partial charge in [-0.15, -0.1) is 0 Å². The maximum absolute atomic E-state index is 5.34. The molecule has 19 heavy (non-hydrogen) atoms. The number of halogens is 1. The van der Waals surface area contributed by atoms with E-state index in [4.69, 9.17) is 9.26 Å². The quantitative estimate of drug-likeness (QED) is 0.916. The Labute approximate surface area is 121 Å². The van der Waals surface area contributed by atoms with E-state index in [1.807, 2.05) is 26.0 Å². The summed E-state index contributed by atoms with van der Waals surface area (Å²) in [6.45, 7) is 5.34. The molecule has 0 unspecified atom stereocenters. The van der Waals surface area contributed by atoms with Crippen molar-refractivity contribution in [2.24, 2.45) is 0 Å². The van der Waals surface area contributed by atoms with E-state index in [9.17, 15) is 0 Å². The minimum atomic E-state index is 0.729. The monoisotopic (exact) mass is 324 g/mol. The van der Waals surface area contributed by atoms with E-state index in [0.717, 1.165) is 45.9 Å². The van der Waals surface area contributed by atoms with Crippen molar-refractivity contribution < 1.29 is 9.26 Å². The van der Waals surface area contributed by atoms with Crippen molar-refractivity contribution in [3.63, 3.8) is 0 Å². The predicted molar refractivity (Wildman–Crippen MR) is 77.2 cm³/mol. The summed E-state index contributed by atoms with van der Waals surface area (Å²) >= 11 is 3.47. The summed E-state index contributed by atoms with van der Waals surface area (Å²) in [5, 5.41) is 7.33. The normalized spacial score (nSPS) is 10.7. The first-order valence-corrected chi connectivity index (χ1v) is 6.86. The molecule has 2 aromatic rings. The Balaban J connectivity index is 2.01. The number of methoxy groups -OCH3 is 1. The van der Waals surface area contributed by atoms with E-state index in [-0.39, 0.29) is 0 Å². The Hall–Kier alpha value is -1.33. The molecule has 1 aromatic heterocycles. The maximum Gasteiger partial charge on any atom is 0.138 e. The zero-order valence-corrected chi connectivity index (χ0v) is 12.9. The fourth-order valence-corrected chi connectivity index (χ4v) is 2.37. The molecule has 0 spiro atoms. The Morgan fingerprint density at radius 3 is 2.74 bits per heavy atom. The maximum atomic E-state index is 5.34. The van der Waals surface area contributed by atoms with E-state index >= 15 is 0 Å². The zero-order chi connectivity index (χ0) is 13.8. The number of nitrogens with zero attached hydrogens (tertiary/aromatic N) is 1. The van der Waals surface area contributed by atoms with Crippen LogP contribution >= 0.6 is 15.9 Å². The summed E-state index contributed by atoms with van der Waals surface area (Å²) in [6.07, 6.45) is 0. The van der Waals surface area contributed by atoms with Gasteiger partial charge in [-0.2, -0.15) is 0 Å². The van der Waals surface area contributed by atoms with E-state index in [2.05, 4.69) is 32.5 Å². The van der Waals surface area contributed by atoms with Gasteiger partial charge in [0, 0.05) is 28.7 Å². The third kappa shape index (κ3) is 3.36. The van der Waals surface area contributed by atoms with Gasteiger partial charge in [0.15, 0.2) is 0 Å². The second-order valence-electron chi connectivity index (χ2n) is 4.36. The number of hydrogen-bond acceptors (Lipinski definition) is 4. The summed E-state index contributed by atoms with van der Waals surface area (Å²) in [7, 11) is 1.68. The molecular formula is C14H17BrN2O2. The molecule has 0 radical (unpaired) electrons. The van der Waals surface area contributed by atoms with E-state index < -0.39 is 0 Å². The minimum absolute atomic E-state index is 0.729. The second kappa shape index (κ2) is 6.21. The topological polar surface area (TPSA) is 47.3 Å². The van der Waals surface area contributed by atoms with Crippen LogP contribution in [0, 0.1) is 13.8 Å². The number of ether oxygens (including phenoxy) is 1. The van der Waals surface area contributed by atoms with Crippen LogP contribution < -0.4 is 10.1 Å². The Morgan fingerprint density at radius 2 is 2.11 bits per heavy atom. The molecular weight excluding hydrogens is 308 g/mol. The average Bonchev–Trinajstić information content (AvgIpc) is 2.70. The Morgan fingerprint density at radius 1 is 1.32 bits per heavy atom. The Kier molecular flexibility index (Phi) is 4.61. The van der Waals surface area contributed by atoms with Crippen molar-refractivity contribution in [1.29, 1.82) is 0 Å². The summed E-state index contributed by atoms with van der Waals surface area (Å²) < 4.78 is 11.5. The molecule has 0 fully saturated rings. The van der Waals surface area contributed by atoms with Crippen molar-refractivity contribution in [2.45, 2.75) is 26.9 Å². The van der Waals surface area contributed by atoms with Crippen LogP contribution in [0.25, 0.3) is 0 Å². The predicted octanol–water partition coefficient (Wildman–Crippen LogP) is 3.35. The van der Waals surface area contributed by atoms with E-state index in [1.165, 1.54) is 0 Å². The molecule has 0 aliphatic heterocycles. The summed E-state index contributed by atoms with van der Waals surface area (Å²) in [6, 6.07) is 5.98. The van der Waals surface area contributed by atoms with Crippen LogP contribution in [-0.4, -0.2) is 12.3 Å². The Bertz CT molecular complexity index is 547. The summed E-state index contributed by atoms with van der Waals surface area (Å²) in [5.41, 5.74) is 3.17. The van der Waals surface area contributed by atoms with Gasteiger partial charge in [-0.25, -0.2) is 0 Å². The summed E-state index contributed by atoms with van der Waals surface area (Å²) in [5.74, 6) is 1.75. The van der Waals surface area contributed by atoms with Crippen molar-refractivity contribution in [3.8, 4) is 5.75 Å². The second-order valence-corrected chi connectivity index (χ2v) is 5.28. The van der Waals surface area contributed by atoms with Crippen molar-refractivity contribution in [3.05, 3.63) is 45.3 Å². The number of hydrogen-bond donors (Lipinski definition) is 1. The lowest BCUT2D eigenvalue weighted by atomic mass is 10.1. The summed E-state index contributed by atoms with van der Waals surface area (Å²) in [4.78, 5) is 0. The highest BCUT2D eigenvalue weighted by molar-refractivity contribution is 9.10. The molecule has 1 N–H and O–H groups in total. The van der Waals surface area contributed by atoms with Gasteiger partial charge in [0.1, 0.15) is 11.5 Å². The third-order valence-corrected chi connectivity index (χ3v) is 3.53. The van der Waals surface area contributed by atoms with Gasteiger partial charge >= 0.3 is 0 Å². The van der Waals surface area contributed by atoms with E-state index in [0.29, 0.717) is 0 Å². The van der Waals surface area contributed by atoms with Crippen molar-refractivity contribution in [2.75, 3.05) is 7.11 Å². The van der Waals surface area contributed by atoms with Gasteiger partial charge in [0.25, 0.3) is 0 Å². The molecule has 0 aliphatic rings. The number of aryl methyl sites for hydroxylation is 2. The van der Waals surface area contributed by atoms with Crippen LogP contribution in [0.4, 0.5) is 0 Å². The standard InChI is InChI=1S/C14H17BrN2O2/c1-9-13(10(2)19-17-9)8-16-7-11-6-12(15)4-5-14(11)18-3/h4-6,16H,7-8H2,1-3H3. The first-order chi connectivity index (χ1) is 9.11. The molecule has 1 heterocycles. The molecule has 2 rings (SSSR count). The van der Waals surface area contributed by atoms with Crippen LogP contribution in [0.2, 0.25) is 0 Å². The van der Waals surface area contributed by atoms with Gasteiger partial charge in [-0.05, 0) is 32.0 Å². The first-order valence-electron chi connectivity index (χ1n) is 6.06. The lowest BCUT2D eigenvalue weighted by Crippen LogP contribution is -2.14. The number of rotatable bonds is 5. The molecule has 0 amide bonds. The van der Waals surface area contributed by atoms with Crippen molar-refractivity contribution >= 4 is 15.9 Å². The molecule has 1 aromatic carbocycles. The third-order valence-electron chi connectivity index (χ3n) is 3.04. The number of nitrogens with one attached hydrogen (secondary N) is 1. The molecule has 4 nitrogen and oxygen atoms in total. The number of aromatic nitrogens is 1. The number of benzene rings is 1. The highest BCUT2D eigenvalue weighted by Crippen LogP contribution is 2.23. The minimum Gasteiger partial charge on any atom is -0.496 e. The van der Waals surface area contributed by atoms with Crippen LogP contribution in [0.15, 0.2) is 27.2 Å². The smallest absolute Gasteiger partial charge is 0.138 e. The molecule has 0 saturated carbocycles. The lowest BCUT2D eigenvalue weighted by Gasteiger charge is -2.10. The van der Waals surface area contributed by atoms with Crippen LogP contribution in [0.3, 0.4) is 0 Å². The van der Waals surface area contributed by atoms with Crippen LogP contribution in [-0.2, 0) is 13.1 Å². The van der Waals surface area contributed by atoms with Gasteiger partial charge < -0.3 is 14.6 Å². The SMILES string of the molecule is COc1ccc(Br)cc1CNCc1c(C)noc1C. The molecule has 0 bridgehead atoms. The average molecular weight is 325 g/mol. The molecule has 0 aliphatic carbocycles. The fraction of sp³-hybridized carbons (Fsp3) is 0.357. The largest absolute Gasteiger partial charge is 0.496 e. The first kappa shape index (κ1) is 14.1. The molecule has 0 atom stereocenters. The fourth-order valence-electron chi connectivity index (χ4n) is 1.96. The molecule has 102 valence electrons. The van der Waals surface area contributed by atoms with E-state index in [1.54, 1.807) is 7.11 Å². The zero-order valence-electron chi connectivity index (χ0n) is 11.3. The van der Waals surface area contributed by atoms with Crippen LogP contribution in [0.5, 0.6) is 5.75 Å². The van der Waals surface area contributed by atoms with Gasteiger partial charge in [-0.1, -0.05) is 21.1 Å². The molecule has 0 saturated heterocycles. The van der Waals surface area contributed by atoms with Crippen molar-refractivity contribution in [1.82, 2.24) is 10.5 Å². The van der Waals surface area contributed by atoms with Gasteiger partial charge in [0.2, 0.25) is 0 Å². The molecule has 5 heteroatoms. The highest BCUT2D eigenvalue weighted by Gasteiger charge is 2.09.